The molecule has 0 spiro atoms. The molecule has 15 heavy (non-hydrogen) atoms. The van der Waals surface area contributed by atoms with E-state index in [0.29, 0.717) is 0 Å². The van der Waals surface area contributed by atoms with Crippen molar-refractivity contribution in [1.82, 2.24) is 4.98 Å². The van der Waals surface area contributed by atoms with Gasteiger partial charge < -0.3 is 5.73 Å². The third-order valence-corrected chi connectivity index (χ3v) is 3.27. The molecule has 0 radical (unpaired) electrons. The summed E-state index contributed by atoms with van der Waals surface area (Å²) in [5.41, 5.74) is 8.62. The van der Waals surface area contributed by atoms with Crippen LogP contribution in [0.3, 0.4) is 0 Å². The van der Waals surface area contributed by atoms with E-state index in [-0.39, 0.29) is 6.04 Å². The highest BCUT2D eigenvalue weighted by Gasteiger charge is 2.10. The van der Waals surface area contributed by atoms with Gasteiger partial charge in [0.1, 0.15) is 0 Å². The van der Waals surface area contributed by atoms with Crippen molar-refractivity contribution in [3.05, 3.63) is 52.0 Å². The SMILES string of the molecule is Cc1ccccc1C(N)Cc1nccs1. The molecule has 0 saturated carbocycles. The monoisotopic (exact) mass is 218 g/mol. The lowest BCUT2D eigenvalue weighted by molar-refractivity contribution is 0.713. The first-order chi connectivity index (χ1) is 7.27. The van der Waals surface area contributed by atoms with Gasteiger partial charge in [-0.2, -0.15) is 0 Å². The van der Waals surface area contributed by atoms with Gasteiger partial charge in [0.2, 0.25) is 0 Å². The number of hydrogen-bond donors (Lipinski definition) is 1. The second-order valence-electron chi connectivity index (χ2n) is 3.59. The zero-order chi connectivity index (χ0) is 10.7. The summed E-state index contributed by atoms with van der Waals surface area (Å²) in [5, 5.41) is 3.09. The maximum absolute atomic E-state index is 6.15. The second-order valence-corrected chi connectivity index (χ2v) is 4.57. The van der Waals surface area contributed by atoms with Crippen molar-refractivity contribution in [3.63, 3.8) is 0 Å². The molecule has 2 aromatic rings. The number of benzene rings is 1. The zero-order valence-electron chi connectivity index (χ0n) is 8.68. The average molecular weight is 218 g/mol. The van der Waals surface area contributed by atoms with Crippen molar-refractivity contribution in [2.75, 3.05) is 0 Å². The van der Waals surface area contributed by atoms with Gasteiger partial charge >= 0.3 is 0 Å². The molecule has 1 unspecified atom stereocenters. The molecular formula is C12H14N2S. The Hall–Kier alpha value is -1.19. The van der Waals surface area contributed by atoms with Crippen molar-refractivity contribution in [3.8, 4) is 0 Å². The van der Waals surface area contributed by atoms with E-state index in [2.05, 4.69) is 24.0 Å². The first-order valence-electron chi connectivity index (χ1n) is 4.97. The fourth-order valence-electron chi connectivity index (χ4n) is 1.65. The maximum Gasteiger partial charge on any atom is 0.0943 e. The molecule has 2 rings (SSSR count). The minimum atomic E-state index is 0.0531. The molecule has 1 aromatic carbocycles. The van der Waals surface area contributed by atoms with Crippen molar-refractivity contribution in [2.45, 2.75) is 19.4 Å². The Labute approximate surface area is 93.8 Å². The molecule has 78 valence electrons. The summed E-state index contributed by atoms with van der Waals surface area (Å²) in [6.45, 7) is 2.09. The summed E-state index contributed by atoms with van der Waals surface area (Å²) in [6.07, 6.45) is 2.65. The Morgan fingerprint density at radius 1 is 1.40 bits per heavy atom. The molecule has 2 N–H and O–H groups in total. The van der Waals surface area contributed by atoms with E-state index in [1.54, 1.807) is 11.3 Å². The van der Waals surface area contributed by atoms with Crippen LogP contribution in [0.1, 0.15) is 22.2 Å². The number of rotatable bonds is 3. The highest BCUT2D eigenvalue weighted by Crippen LogP contribution is 2.20. The van der Waals surface area contributed by atoms with Gasteiger partial charge in [0, 0.05) is 24.0 Å². The van der Waals surface area contributed by atoms with E-state index in [1.807, 2.05) is 23.7 Å². The Bertz CT molecular complexity index is 423. The topological polar surface area (TPSA) is 38.9 Å². The average Bonchev–Trinajstić information content (AvgIpc) is 2.71. The van der Waals surface area contributed by atoms with Crippen LogP contribution in [-0.4, -0.2) is 4.98 Å². The van der Waals surface area contributed by atoms with Crippen LogP contribution < -0.4 is 5.73 Å². The molecule has 0 amide bonds. The van der Waals surface area contributed by atoms with E-state index < -0.39 is 0 Å². The fraction of sp³-hybridized carbons (Fsp3) is 0.250. The lowest BCUT2D eigenvalue weighted by Crippen LogP contribution is -2.14. The molecule has 3 heteroatoms. The van der Waals surface area contributed by atoms with Crippen molar-refractivity contribution in [1.29, 1.82) is 0 Å². The van der Waals surface area contributed by atoms with Crippen molar-refractivity contribution < 1.29 is 0 Å². The van der Waals surface area contributed by atoms with Gasteiger partial charge in [-0.3, -0.25) is 0 Å². The van der Waals surface area contributed by atoms with Gasteiger partial charge in [-0.1, -0.05) is 24.3 Å². The van der Waals surface area contributed by atoms with Crippen LogP contribution in [0, 0.1) is 6.92 Å². The second kappa shape index (κ2) is 4.55. The molecule has 0 aliphatic carbocycles. The maximum atomic E-state index is 6.15. The van der Waals surface area contributed by atoms with Crippen LogP contribution in [0.15, 0.2) is 35.8 Å². The Morgan fingerprint density at radius 2 is 2.20 bits per heavy atom. The normalized spacial score (nSPS) is 12.7. The molecule has 0 aliphatic heterocycles. The quantitative estimate of drug-likeness (QED) is 0.860. The molecule has 0 fully saturated rings. The van der Waals surface area contributed by atoms with Gasteiger partial charge in [0.15, 0.2) is 0 Å². The van der Waals surface area contributed by atoms with Gasteiger partial charge in [0.25, 0.3) is 0 Å². The highest BCUT2D eigenvalue weighted by molar-refractivity contribution is 7.09. The Kier molecular flexibility index (Phi) is 3.14. The zero-order valence-corrected chi connectivity index (χ0v) is 9.50. The van der Waals surface area contributed by atoms with Crippen molar-refractivity contribution in [2.24, 2.45) is 5.73 Å². The van der Waals surface area contributed by atoms with Gasteiger partial charge in [-0.25, -0.2) is 4.98 Å². The first kappa shape index (κ1) is 10.3. The number of aromatic nitrogens is 1. The molecule has 0 bridgehead atoms. The predicted octanol–water partition coefficient (Wildman–Crippen LogP) is 2.69. The van der Waals surface area contributed by atoms with Crippen LogP contribution in [-0.2, 0) is 6.42 Å². The van der Waals surface area contributed by atoms with Crippen LogP contribution in [0.2, 0.25) is 0 Å². The number of nitrogens with two attached hydrogens (primary N) is 1. The molecular weight excluding hydrogens is 204 g/mol. The summed E-state index contributed by atoms with van der Waals surface area (Å²) < 4.78 is 0. The van der Waals surface area contributed by atoms with E-state index in [0.717, 1.165) is 11.4 Å². The lowest BCUT2D eigenvalue weighted by Gasteiger charge is -2.12. The first-order valence-corrected chi connectivity index (χ1v) is 5.85. The Balaban J connectivity index is 2.15. The largest absolute Gasteiger partial charge is 0.324 e. The molecule has 0 saturated heterocycles. The third-order valence-electron chi connectivity index (χ3n) is 2.47. The highest BCUT2D eigenvalue weighted by atomic mass is 32.1. The minimum Gasteiger partial charge on any atom is -0.324 e. The number of thiazole rings is 1. The fourth-order valence-corrected chi connectivity index (χ4v) is 2.33. The van der Waals surface area contributed by atoms with E-state index >= 15 is 0 Å². The predicted molar refractivity (Wildman–Crippen MR) is 63.9 cm³/mol. The summed E-state index contributed by atoms with van der Waals surface area (Å²) >= 11 is 1.66. The smallest absolute Gasteiger partial charge is 0.0943 e. The number of aryl methyl sites for hydroxylation is 1. The molecule has 1 heterocycles. The van der Waals surface area contributed by atoms with Gasteiger partial charge in [0.05, 0.1) is 5.01 Å². The summed E-state index contributed by atoms with van der Waals surface area (Å²) in [7, 11) is 0. The van der Waals surface area contributed by atoms with E-state index in [9.17, 15) is 0 Å². The van der Waals surface area contributed by atoms with Crippen LogP contribution in [0.5, 0.6) is 0 Å². The van der Waals surface area contributed by atoms with Gasteiger partial charge in [-0.15, -0.1) is 11.3 Å². The molecule has 1 atom stereocenters. The standard InChI is InChI=1S/C12H14N2S/c1-9-4-2-3-5-10(9)11(13)8-12-14-6-7-15-12/h2-7,11H,8,13H2,1H3. The van der Waals surface area contributed by atoms with Gasteiger partial charge in [-0.05, 0) is 18.1 Å². The van der Waals surface area contributed by atoms with E-state index in [4.69, 9.17) is 5.73 Å². The van der Waals surface area contributed by atoms with Crippen LogP contribution in [0.25, 0.3) is 0 Å². The van der Waals surface area contributed by atoms with Crippen LogP contribution in [0.4, 0.5) is 0 Å². The minimum absolute atomic E-state index is 0.0531. The molecule has 2 nitrogen and oxygen atoms in total. The number of hydrogen-bond acceptors (Lipinski definition) is 3. The van der Waals surface area contributed by atoms with Crippen molar-refractivity contribution >= 4 is 11.3 Å². The Morgan fingerprint density at radius 3 is 2.87 bits per heavy atom. The summed E-state index contributed by atoms with van der Waals surface area (Å²) in [5.74, 6) is 0. The summed E-state index contributed by atoms with van der Waals surface area (Å²) in [4.78, 5) is 4.25. The lowest BCUT2D eigenvalue weighted by atomic mass is 10.00. The third kappa shape index (κ3) is 2.43. The van der Waals surface area contributed by atoms with Crippen LogP contribution >= 0.6 is 11.3 Å². The number of nitrogens with zero attached hydrogens (tertiary/aromatic N) is 1. The molecule has 1 aromatic heterocycles. The van der Waals surface area contributed by atoms with E-state index in [1.165, 1.54) is 11.1 Å². The molecule has 0 aliphatic rings. The summed E-state index contributed by atoms with van der Waals surface area (Å²) in [6, 6.07) is 8.31.